The van der Waals surface area contributed by atoms with Gasteiger partial charge in [0.2, 0.25) is 11.8 Å². The number of amides is 2. The Morgan fingerprint density at radius 2 is 1.93 bits per heavy atom. The van der Waals surface area contributed by atoms with Crippen molar-refractivity contribution in [2.45, 2.75) is 52.0 Å². The first-order chi connectivity index (χ1) is 13.9. The fourth-order valence-electron chi connectivity index (χ4n) is 4.73. The molecule has 1 N–H and O–H groups in total. The van der Waals surface area contributed by atoms with Crippen molar-refractivity contribution in [1.82, 2.24) is 10.2 Å². The Labute approximate surface area is 173 Å². The van der Waals surface area contributed by atoms with E-state index < -0.39 is 0 Å². The van der Waals surface area contributed by atoms with Crippen molar-refractivity contribution in [3.05, 3.63) is 23.8 Å². The Kier molecular flexibility index (Phi) is 7.04. The molecule has 1 aliphatic heterocycles. The van der Waals surface area contributed by atoms with E-state index in [0.717, 1.165) is 12.0 Å². The Balaban J connectivity index is 1.51. The second-order valence-corrected chi connectivity index (χ2v) is 8.51. The van der Waals surface area contributed by atoms with Gasteiger partial charge in [0.15, 0.2) is 11.5 Å². The lowest BCUT2D eigenvalue weighted by Crippen LogP contribution is -2.45. The molecule has 0 aromatic heterocycles. The van der Waals surface area contributed by atoms with E-state index in [2.05, 4.69) is 19.2 Å². The van der Waals surface area contributed by atoms with Gasteiger partial charge in [0.05, 0.1) is 20.1 Å². The van der Waals surface area contributed by atoms with E-state index in [4.69, 9.17) is 9.47 Å². The first-order valence-electron chi connectivity index (χ1n) is 10.7. The summed E-state index contributed by atoms with van der Waals surface area (Å²) in [6.45, 7) is 5.62. The number of methoxy groups -OCH3 is 2. The minimum atomic E-state index is -0.239. The molecule has 2 fully saturated rings. The number of hydrogen-bond donors (Lipinski definition) is 1. The lowest BCUT2D eigenvalue weighted by Gasteiger charge is -2.40. The van der Waals surface area contributed by atoms with Crippen LogP contribution in [0, 0.1) is 17.8 Å². The van der Waals surface area contributed by atoms with Crippen LogP contribution in [0.25, 0.3) is 0 Å². The number of nitrogens with zero attached hydrogens (tertiary/aromatic N) is 1. The summed E-state index contributed by atoms with van der Waals surface area (Å²) in [5, 5.41) is 3.01. The first-order valence-corrected chi connectivity index (χ1v) is 10.7. The minimum Gasteiger partial charge on any atom is -0.493 e. The monoisotopic (exact) mass is 402 g/mol. The highest BCUT2D eigenvalue weighted by atomic mass is 16.5. The normalized spacial score (nSPS) is 27.0. The van der Waals surface area contributed by atoms with Crippen LogP contribution in [0.5, 0.6) is 11.5 Å². The van der Waals surface area contributed by atoms with Crippen LogP contribution in [0.15, 0.2) is 18.2 Å². The highest BCUT2D eigenvalue weighted by Gasteiger charge is 2.41. The molecule has 29 heavy (non-hydrogen) atoms. The van der Waals surface area contributed by atoms with Gasteiger partial charge < -0.3 is 19.7 Å². The average Bonchev–Trinajstić information content (AvgIpc) is 3.11. The van der Waals surface area contributed by atoms with Crippen LogP contribution in [0.1, 0.15) is 45.1 Å². The van der Waals surface area contributed by atoms with Gasteiger partial charge in [-0.2, -0.15) is 0 Å². The molecule has 6 nitrogen and oxygen atoms in total. The molecule has 1 heterocycles. The summed E-state index contributed by atoms with van der Waals surface area (Å²) < 4.78 is 10.6. The number of likely N-dealkylation sites (tertiary alicyclic amines) is 1. The van der Waals surface area contributed by atoms with Gasteiger partial charge in [-0.15, -0.1) is 0 Å². The second kappa shape index (κ2) is 9.51. The number of hydrogen-bond acceptors (Lipinski definition) is 4. The molecule has 2 amide bonds. The lowest BCUT2D eigenvalue weighted by molar-refractivity contribution is -0.132. The van der Waals surface area contributed by atoms with Gasteiger partial charge in [0, 0.05) is 25.6 Å². The van der Waals surface area contributed by atoms with Crippen molar-refractivity contribution in [3.8, 4) is 11.5 Å². The molecule has 0 unspecified atom stereocenters. The summed E-state index contributed by atoms with van der Waals surface area (Å²) in [4.78, 5) is 27.2. The fraction of sp³-hybridized carbons (Fsp3) is 0.652. The number of carbonyl (C=O) groups is 2. The Morgan fingerprint density at radius 1 is 1.17 bits per heavy atom. The smallest absolute Gasteiger partial charge is 0.225 e. The van der Waals surface area contributed by atoms with Crippen molar-refractivity contribution in [3.63, 3.8) is 0 Å². The highest BCUT2D eigenvalue weighted by molar-refractivity contribution is 5.89. The third-order valence-corrected chi connectivity index (χ3v) is 6.75. The molecular formula is C23H34N2O4. The van der Waals surface area contributed by atoms with E-state index in [9.17, 15) is 9.59 Å². The zero-order valence-corrected chi connectivity index (χ0v) is 18.1. The zero-order valence-electron chi connectivity index (χ0n) is 18.1. The number of rotatable bonds is 7. The van der Waals surface area contributed by atoms with Crippen molar-refractivity contribution >= 4 is 11.8 Å². The molecule has 1 aromatic rings. The third-order valence-electron chi connectivity index (χ3n) is 6.75. The van der Waals surface area contributed by atoms with Crippen LogP contribution in [-0.4, -0.2) is 50.1 Å². The number of ether oxygens (including phenoxy) is 2. The van der Waals surface area contributed by atoms with Crippen molar-refractivity contribution in [1.29, 1.82) is 0 Å². The van der Waals surface area contributed by atoms with Gasteiger partial charge in [-0.1, -0.05) is 32.8 Å². The van der Waals surface area contributed by atoms with E-state index in [0.29, 0.717) is 49.3 Å². The molecule has 1 aliphatic carbocycles. The number of nitrogens with one attached hydrogen (secondary N) is 1. The van der Waals surface area contributed by atoms with E-state index in [-0.39, 0.29) is 23.8 Å². The summed E-state index contributed by atoms with van der Waals surface area (Å²) in [5.41, 5.74) is 1.07. The molecule has 0 spiro atoms. The van der Waals surface area contributed by atoms with Crippen LogP contribution in [0.2, 0.25) is 0 Å². The van der Waals surface area contributed by atoms with Gasteiger partial charge in [-0.05, 0) is 42.4 Å². The van der Waals surface area contributed by atoms with Gasteiger partial charge in [-0.3, -0.25) is 9.59 Å². The molecule has 1 aromatic carbocycles. The minimum absolute atomic E-state index is 0.0159. The predicted molar refractivity (Wildman–Crippen MR) is 112 cm³/mol. The fourth-order valence-corrected chi connectivity index (χ4v) is 4.73. The molecule has 0 radical (unpaired) electrons. The van der Waals surface area contributed by atoms with Crippen molar-refractivity contribution in [2.24, 2.45) is 17.8 Å². The number of benzene rings is 1. The standard InChI is InChI=1S/C23H34N2O4/c1-15-6-5-7-19(16(15)2)25-14-18(13-22(25)26)23(27)24-11-10-17-8-9-20(28-3)21(12-17)29-4/h8-9,12,15-16,18-19H,5-7,10-11,13-14H2,1-4H3,(H,24,27)/t15-,16+,18-,19-/m1/s1. The lowest BCUT2D eigenvalue weighted by atomic mass is 9.77. The van der Waals surface area contributed by atoms with Crippen molar-refractivity contribution < 1.29 is 19.1 Å². The van der Waals surface area contributed by atoms with Gasteiger partial charge in [-0.25, -0.2) is 0 Å². The molecule has 3 rings (SSSR count). The van der Waals surface area contributed by atoms with Crippen LogP contribution in [-0.2, 0) is 16.0 Å². The van der Waals surface area contributed by atoms with Gasteiger partial charge in [0.1, 0.15) is 0 Å². The van der Waals surface area contributed by atoms with Crippen LogP contribution in [0.4, 0.5) is 0 Å². The largest absolute Gasteiger partial charge is 0.493 e. The predicted octanol–water partition coefficient (Wildman–Crippen LogP) is 3.04. The number of carbonyl (C=O) groups excluding carboxylic acids is 2. The molecule has 1 saturated carbocycles. The Morgan fingerprint density at radius 3 is 2.66 bits per heavy atom. The summed E-state index contributed by atoms with van der Waals surface area (Å²) in [6.07, 6.45) is 4.50. The van der Waals surface area contributed by atoms with Crippen molar-refractivity contribution in [2.75, 3.05) is 27.3 Å². The van der Waals surface area contributed by atoms with Gasteiger partial charge >= 0.3 is 0 Å². The Hall–Kier alpha value is -2.24. The third kappa shape index (κ3) is 4.85. The molecule has 1 saturated heterocycles. The molecule has 0 bridgehead atoms. The SMILES string of the molecule is COc1ccc(CCNC(=O)[C@@H]2CC(=O)N([C@@H]3CCC[C@@H](C)[C@@H]3C)C2)cc1OC. The Bertz CT molecular complexity index is 736. The molecular weight excluding hydrogens is 368 g/mol. The second-order valence-electron chi connectivity index (χ2n) is 8.51. The van der Waals surface area contributed by atoms with Crippen LogP contribution < -0.4 is 14.8 Å². The van der Waals surface area contributed by atoms with E-state index in [1.165, 1.54) is 12.8 Å². The quantitative estimate of drug-likeness (QED) is 0.761. The van der Waals surface area contributed by atoms with Crippen LogP contribution >= 0.6 is 0 Å². The maximum atomic E-state index is 12.6. The highest BCUT2D eigenvalue weighted by Crippen LogP contribution is 2.35. The van der Waals surface area contributed by atoms with Gasteiger partial charge in [0.25, 0.3) is 0 Å². The maximum Gasteiger partial charge on any atom is 0.225 e. The summed E-state index contributed by atoms with van der Waals surface area (Å²) >= 11 is 0. The molecule has 4 atom stereocenters. The average molecular weight is 403 g/mol. The summed E-state index contributed by atoms with van der Waals surface area (Å²) in [7, 11) is 3.22. The molecule has 160 valence electrons. The summed E-state index contributed by atoms with van der Waals surface area (Å²) in [5.74, 6) is 2.39. The molecule has 6 heteroatoms. The molecule has 2 aliphatic rings. The topological polar surface area (TPSA) is 67.9 Å². The van der Waals surface area contributed by atoms with E-state index in [1.54, 1.807) is 14.2 Å². The first kappa shape index (κ1) is 21.5. The van der Waals surface area contributed by atoms with E-state index >= 15 is 0 Å². The zero-order chi connectivity index (χ0) is 21.0. The summed E-state index contributed by atoms with van der Waals surface area (Å²) in [6, 6.07) is 6.06. The maximum absolute atomic E-state index is 12.6. The van der Waals surface area contributed by atoms with Crippen LogP contribution in [0.3, 0.4) is 0 Å². The van der Waals surface area contributed by atoms with E-state index in [1.807, 2.05) is 23.1 Å².